The minimum atomic E-state index is -0.868. The third-order valence-corrected chi connectivity index (χ3v) is 1.11. The van der Waals surface area contributed by atoms with Crippen molar-refractivity contribution in [2.24, 2.45) is 0 Å². The van der Waals surface area contributed by atoms with E-state index in [1.807, 2.05) is 0 Å². The SMILES string of the molecule is N.[H]/N=C(\C(=O)OOC)c1ccco1. The van der Waals surface area contributed by atoms with Gasteiger partial charge in [-0.25, -0.2) is 4.79 Å². The molecule has 1 aromatic rings. The molecular weight excluding hydrogens is 176 g/mol. The van der Waals surface area contributed by atoms with E-state index in [2.05, 4.69) is 15.2 Å². The van der Waals surface area contributed by atoms with E-state index in [1.54, 1.807) is 6.07 Å². The highest BCUT2D eigenvalue weighted by Crippen LogP contribution is 2.02. The first kappa shape index (κ1) is 9.43. The van der Waals surface area contributed by atoms with Crippen molar-refractivity contribution in [1.82, 2.24) is 6.15 Å². The van der Waals surface area contributed by atoms with Crippen LogP contribution in [0.5, 0.6) is 0 Å². The van der Waals surface area contributed by atoms with Crippen molar-refractivity contribution in [3.63, 3.8) is 0 Å². The maximum absolute atomic E-state index is 11.0. The molecule has 6 nitrogen and oxygen atoms in total. The molecule has 1 rings (SSSR count). The summed E-state index contributed by atoms with van der Waals surface area (Å²) in [5, 5.41) is 2.97. The van der Waals surface area contributed by atoms with E-state index in [1.165, 1.54) is 19.4 Å². The molecule has 0 fully saturated rings. The molecule has 0 radical (unpaired) electrons. The molecule has 0 aliphatic heterocycles. The molecule has 0 bridgehead atoms. The number of carbonyl (C=O) groups is 1. The minimum absolute atomic E-state index is 0. The van der Waals surface area contributed by atoms with Gasteiger partial charge in [0, 0.05) is 0 Å². The molecule has 1 heterocycles. The van der Waals surface area contributed by atoms with Crippen LogP contribution < -0.4 is 6.15 Å². The van der Waals surface area contributed by atoms with Crippen molar-refractivity contribution in [1.29, 1.82) is 5.40 Å². The Hall–Kier alpha value is -1.66. The van der Waals surface area contributed by atoms with E-state index in [0.717, 1.165) is 0 Å². The molecule has 0 atom stereocenters. The Kier molecular flexibility index (Phi) is 3.68. The van der Waals surface area contributed by atoms with Crippen LogP contribution in [0.15, 0.2) is 22.8 Å². The molecule has 0 aliphatic rings. The summed E-state index contributed by atoms with van der Waals surface area (Å²) in [5.41, 5.74) is -0.244. The van der Waals surface area contributed by atoms with Crippen molar-refractivity contribution in [2.45, 2.75) is 0 Å². The van der Waals surface area contributed by atoms with Crippen molar-refractivity contribution >= 4 is 11.7 Å². The van der Waals surface area contributed by atoms with E-state index >= 15 is 0 Å². The fourth-order valence-corrected chi connectivity index (χ4v) is 0.629. The highest BCUT2D eigenvalue weighted by Gasteiger charge is 2.16. The molecule has 13 heavy (non-hydrogen) atoms. The Morgan fingerprint density at radius 3 is 3.00 bits per heavy atom. The van der Waals surface area contributed by atoms with Gasteiger partial charge in [-0.05, 0) is 12.1 Å². The van der Waals surface area contributed by atoms with E-state index < -0.39 is 5.97 Å². The zero-order valence-corrected chi connectivity index (χ0v) is 7.02. The monoisotopic (exact) mass is 186 g/mol. The van der Waals surface area contributed by atoms with Crippen LogP contribution >= 0.6 is 0 Å². The molecule has 6 heteroatoms. The molecule has 0 unspecified atom stereocenters. The Bertz CT molecular complexity index is 309. The summed E-state index contributed by atoms with van der Waals surface area (Å²) in [5.74, 6) is -0.704. The van der Waals surface area contributed by atoms with Crippen LogP contribution in [0, 0.1) is 5.40 Å². The van der Waals surface area contributed by atoms with Gasteiger partial charge in [0.15, 0.2) is 12.9 Å². The van der Waals surface area contributed by atoms with E-state index in [-0.39, 0.29) is 17.6 Å². The fourth-order valence-electron chi connectivity index (χ4n) is 0.629. The lowest BCUT2D eigenvalue weighted by Gasteiger charge is -1.97. The summed E-state index contributed by atoms with van der Waals surface area (Å²) < 4.78 is 11.6. The maximum atomic E-state index is 11.0. The van der Waals surface area contributed by atoms with Gasteiger partial charge in [0.05, 0.1) is 13.4 Å². The third-order valence-electron chi connectivity index (χ3n) is 1.11. The first-order valence-electron chi connectivity index (χ1n) is 3.55. The Morgan fingerprint density at radius 1 is 1.77 bits per heavy atom. The van der Waals surface area contributed by atoms with Crippen LogP contribution in [0.3, 0.4) is 0 Å². The lowest BCUT2D eigenvalue weighted by molar-refractivity contribution is -0.247. The van der Waals surface area contributed by atoms with Gasteiger partial charge in [-0.2, -0.15) is 4.89 Å². The van der Waals surface area contributed by atoms with Crippen LogP contribution in [-0.4, -0.2) is 18.8 Å². The number of hydrogen-bond donors (Lipinski definition) is 2. The molecule has 1 aromatic heterocycles. The van der Waals surface area contributed by atoms with Crippen LogP contribution in [-0.2, 0) is 14.6 Å². The summed E-state index contributed by atoms with van der Waals surface area (Å²) >= 11 is 0. The zero-order chi connectivity index (χ0) is 9.68. The second-order valence-electron chi connectivity index (χ2n) is 1.86. The van der Waals surface area contributed by atoms with Gasteiger partial charge in [-0.1, -0.05) is 0 Å². The summed E-state index contributed by atoms with van der Waals surface area (Å²) in [6, 6.07) is 3.06. The minimum Gasteiger partial charge on any atom is -0.462 e. The van der Waals surface area contributed by atoms with Gasteiger partial charge < -0.3 is 10.6 Å². The molecule has 0 aliphatic carbocycles. The third kappa shape index (κ3) is 2.69. The first-order valence-corrected chi connectivity index (χ1v) is 3.10. The predicted octanol–water partition coefficient (Wildman–Crippen LogP) is 0.914. The van der Waals surface area contributed by atoms with E-state index in [9.17, 15) is 4.79 Å². The largest absolute Gasteiger partial charge is 0.462 e. The van der Waals surface area contributed by atoms with Crippen molar-refractivity contribution < 1.29 is 20.4 Å². The van der Waals surface area contributed by atoms with Gasteiger partial charge in [0.25, 0.3) is 0 Å². The highest BCUT2D eigenvalue weighted by molar-refractivity contribution is 6.40. The molecule has 0 aromatic carbocycles. The second kappa shape index (κ2) is 5.07. The number of rotatable bonds is 3. The molecular formula is C7H10N2O4. The molecule has 72 valence electrons. The van der Waals surface area contributed by atoms with Crippen LogP contribution in [0.2, 0.25) is 1.41 Å². The van der Waals surface area contributed by atoms with Gasteiger partial charge in [0.1, 0.15) is 0 Å². The van der Waals surface area contributed by atoms with Gasteiger partial charge in [-0.3, -0.25) is 10.3 Å². The van der Waals surface area contributed by atoms with Crippen molar-refractivity contribution in [3.05, 3.63) is 24.2 Å². The van der Waals surface area contributed by atoms with E-state index in [4.69, 9.17) is 5.83 Å². The number of carbonyl (C=O) groups excluding carboxylic acids is 1. The van der Waals surface area contributed by atoms with E-state index in [0.29, 0.717) is 0 Å². The predicted molar refractivity (Wildman–Crippen MR) is 43.7 cm³/mol. The Labute approximate surface area is 75.9 Å². The number of furan rings is 1. The standard InChI is InChI=1S/C7H7NO4.H3N/c1-10-12-7(9)6(8)5-3-2-4-11-5;/h2-4,8H,1H3;1H3/b8-6-;. The van der Waals surface area contributed by atoms with Gasteiger partial charge >= 0.3 is 5.97 Å². The van der Waals surface area contributed by atoms with Crippen LogP contribution in [0.25, 0.3) is 0 Å². The topological polar surface area (TPSA) is 108 Å². The number of hydrogen-bond acceptors (Lipinski definition) is 6. The zero-order valence-electron chi connectivity index (χ0n) is 8.02. The van der Waals surface area contributed by atoms with Crippen LogP contribution in [0.4, 0.5) is 0 Å². The normalized spacial score (nSPS) is 11.5. The Morgan fingerprint density at radius 2 is 2.54 bits per heavy atom. The molecule has 4 N–H and O–H groups in total. The second-order valence-corrected chi connectivity index (χ2v) is 1.86. The summed E-state index contributed by atoms with van der Waals surface area (Å²) in [6.07, 6.45) is 1.36. The van der Waals surface area contributed by atoms with Crippen molar-refractivity contribution in [3.8, 4) is 0 Å². The lowest BCUT2D eigenvalue weighted by Crippen LogP contribution is -2.16. The molecule has 0 saturated carbocycles. The summed E-state index contributed by atoms with van der Waals surface area (Å²) in [6.45, 7) is 0. The average Bonchev–Trinajstić information content (AvgIpc) is 2.59. The van der Waals surface area contributed by atoms with Crippen molar-refractivity contribution in [2.75, 3.05) is 7.11 Å². The quantitative estimate of drug-likeness (QED) is 0.414. The number of nitrogens with one attached hydrogen (secondary N) is 1. The molecule has 0 spiro atoms. The maximum Gasteiger partial charge on any atom is 0.394 e. The lowest BCUT2D eigenvalue weighted by atomic mass is 10.3. The summed E-state index contributed by atoms with van der Waals surface area (Å²) in [4.78, 5) is 19.3. The van der Waals surface area contributed by atoms with Gasteiger partial charge in [-0.15, -0.1) is 0 Å². The highest BCUT2D eigenvalue weighted by atomic mass is 17.2. The summed E-state index contributed by atoms with van der Waals surface area (Å²) in [7, 11) is 1.18. The van der Waals surface area contributed by atoms with Crippen LogP contribution in [0.1, 0.15) is 5.76 Å². The average molecular weight is 186 g/mol. The van der Waals surface area contributed by atoms with Gasteiger partial charge in [0.2, 0.25) is 0 Å². The first-order chi connectivity index (χ1) is 6.29. The Balaban J connectivity index is 0.00000169. The smallest absolute Gasteiger partial charge is 0.394 e. The molecule has 0 amide bonds. The molecule has 0 saturated heterocycles. The fraction of sp³-hybridized carbons (Fsp3) is 0.143.